The third-order valence-electron chi connectivity index (χ3n) is 5.61. The summed E-state index contributed by atoms with van der Waals surface area (Å²) in [5.41, 5.74) is 1.55. The van der Waals surface area contributed by atoms with Crippen LogP contribution in [0, 0.1) is 18.6 Å². The van der Waals surface area contributed by atoms with Gasteiger partial charge in [0.15, 0.2) is 0 Å². The van der Waals surface area contributed by atoms with Crippen LogP contribution in [0.5, 0.6) is 0 Å². The Balaban J connectivity index is 1.90. The summed E-state index contributed by atoms with van der Waals surface area (Å²) in [5.74, 6) is -1.31. The maximum absolute atomic E-state index is 14.8. The van der Waals surface area contributed by atoms with E-state index in [1.807, 2.05) is 6.92 Å². The van der Waals surface area contributed by atoms with Gasteiger partial charge in [0.2, 0.25) is 5.91 Å². The first-order chi connectivity index (χ1) is 16.1. The zero-order chi connectivity index (χ0) is 24.9. The Kier molecular flexibility index (Phi) is 8.04. The number of halogens is 5. The van der Waals surface area contributed by atoms with Crippen molar-refractivity contribution >= 4 is 5.91 Å². The fourth-order valence-corrected chi connectivity index (χ4v) is 3.75. The van der Waals surface area contributed by atoms with Gasteiger partial charge in [-0.15, -0.1) is 0 Å². The number of benzene rings is 3. The molecule has 180 valence electrons. The lowest BCUT2D eigenvalue weighted by molar-refractivity contribution is -0.137. The minimum atomic E-state index is -4.43. The molecule has 0 saturated carbocycles. The summed E-state index contributed by atoms with van der Waals surface area (Å²) < 4.78 is 66.8. The predicted octanol–water partition coefficient (Wildman–Crippen LogP) is 6.04. The van der Waals surface area contributed by atoms with Gasteiger partial charge in [-0.3, -0.25) is 10.1 Å². The van der Waals surface area contributed by atoms with E-state index < -0.39 is 35.5 Å². The molecular formula is C26H25F5N2O. The van der Waals surface area contributed by atoms with Gasteiger partial charge in [0.05, 0.1) is 5.56 Å². The van der Waals surface area contributed by atoms with Crippen LogP contribution in [0.2, 0.25) is 0 Å². The Morgan fingerprint density at radius 3 is 2.18 bits per heavy atom. The molecule has 0 aliphatic heterocycles. The molecule has 1 amide bonds. The van der Waals surface area contributed by atoms with Gasteiger partial charge >= 0.3 is 6.18 Å². The van der Waals surface area contributed by atoms with Crippen LogP contribution >= 0.6 is 0 Å². The number of hydrogen-bond acceptors (Lipinski definition) is 2. The average Bonchev–Trinajstić information content (AvgIpc) is 2.81. The van der Waals surface area contributed by atoms with Crippen molar-refractivity contribution in [1.82, 2.24) is 10.6 Å². The Morgan fingerprint density at radius 2 is 1.59 bits per heavy atom. The molecule has 3 nitrogen and oxygen atoms in total. The Labute approximate surface area is 195 Å². The number of nitrogens with one attached hydrogen (secondary N) is 2. The maximum Gasteiger partial charge on any atom is 0.416 e. The Morgan fingerprint density at radius 1 is 0.941 bits per heavy atom. The lowest BCUT2D eigenvalue weighted by atomic mass is 9.94. The fourth-order valence-electron chi connectivity index (χ4n) is 3.75. The molecule has 3 rings (SSSR count). The van der Waals surface area contributed by atoms with Crippen LogP contribution in [0.15, 0.2) is 66.7 Å². The van der Waals surface area contributed by atoms with Crippen LogP contribution in [0.1, 0.15) is 46.3 Å². The minimum Gasteiger partial charge on any atom is -0.358 e. The topological polar surface area (TPSA) is 41.1 Å². The van der Waals surface area contributed by atoms with Crippen molar-refractivity contribution in [2.45, 2.75) is 38.0 Å². The van der Waals surface area contributed by atoms with Gasteiger partial charge in [-0.2, -0.15) is 13.2 Å². The van der Waals surface area contributed by atoms with Crippen LogP contribution in [0.4, 0.5) is 22.0 Å². The number of alkyl halides is 3. The highest BCUT2D eigenvalue weighted by Crippen LogP contribution is 2.31. The average molecular weight is 476 g/mol. The van der Waals surface area contributed by atoms with E-state index in [2.05, 4.69) is 10.6 Å². The first kappa shape index (κ1) is 25.4. The van der Waals surface area contributed by atoms with E-state index in [4.69, 9.17) is 0 Å². The molecule has 0 aliphatic rings. The molecule has 0 aromatic heterocycles. The molecular weight excluding hydrogens is 451 g/mol. The number of aryl methyl sites for hydroxylation is 2. The molecule has 3 aromatic rings. The first-order valence-corrected chi connectivity index (χ1v) is 10.7. The molecule has 0 radical (unpaired) electrons. The van der Waals surface area contributed by atoms with E-state index in [0.717, 1.165) is 17.7 Å². The highest BCUT2D eigenvalue weighted by Gasteiger charge is 2.30. The van der Waals surface area contributed by atoms with Crippen LogP contribution < -0.4 is 10.6 Å². The largest absolute Gasteiger partial charge is 0.416 e. The van der Waals surface area contributed by atoms with Crippen molar-refractivity contribution < 1.29 is 26.7 Å². The van der Waals surface area contributed by atoms with Crippen LogP contribution in [0.25, 0.3) is 0 Å². The summed E-state index contributed by atoms with van der Waals surface area (Å²) in [5, 5.41) is 5.74. The van der Waals surface area contributed by atoms with Crippen molar-refractivity contribution in [3.63, 3.8) is 0 Å². The molecule has 0 bridgehead atoms. The number of carbonyl (C=O) groups excluding carboxylic acids is 1. The number of likely N-dealkylation sites (N-methyl/N-ethyl adjacent to an activating group) is 1. The van der Waals surface area contributed by atoms with Crippen molar-refractivity contribution in [3.8, 4) is 0 Å². The number of amides is 1. The molecule has 0 saturated heterocycles. The van der Waals surface area contributed by atoms with E-state index >= 15 is 0 Å². The van der Waals surface area contributed by atoms with Gasteiger partial charge < -0.3 is 5.32 Å². The lowest BCUT2D eigenvalue weighted by Crippen LogP contribution is -2.38. The fraction of sp³-hybridized carbons (Fsp3) is 0.269. The molecule has 0 unspecified atom stereocenters. The van der Waals surface area contributed by atoms with Crippen LogP contribution in [-0.4, -0.2) is 13.0 Å². The maximum atomic E-state index is 14.8. The van der Waals surface area contributed by atoms with Gasteiger partial charge in [0.1, 0.15) is 17.7 Å². The van der Waals surface area contributed by atoms with E-state index in [9.17, 15) is 26.7 Å². The summed E-state index contributed by atoms with van der Waals surface area (Å²) in [6.45, 7) is 1.81. The first-order valence-electron chi connectivity index (χ1n) is 10.7. The molecule has 0 heterocycles. The molecule has 2 N–H and O–H groups in total. The highest BCUT2D eigenvalue weighted by atomic mass is 19.4. The number of rotatable bonds is 8. The van der Waals surface area contributed by atoms with E-state index in [-0.39, 0.29) is 5.91 Å². The zero-order valence-electron chi connectivity index (χ0n) is 18.7. The van der Waals surface area contributed by atoms with Crippen molar-refractivity contribution in [2.24, 2.45) is 0 Å². The summed E-state index contributed by atoms with van der Waals surface area (Å²) in [6, 6.07) is 13.3. The monoisotopic (exact) mass is 476 g/mol. The smallest absolute Gasteiger partial charge is 0.358 e. The Bertz CT molecular complexity index is 1110. The minimum absolute atomic E-state index is 0.306. The lowest BCUT2D eigenvalue weighted by Gasteiger charge is -2.26. The van der Waals surface area contributed by atoms with Crippen molar-refractivity contribution in [3.05, 3.63) is 106 Å². The second kappa shape index (κ2) is 10.8. The van der Waals surface area contributed by atoms with Crippen LogP contribution in [0.3, 0.4) is 0 Å². The van der Waals surface area contributed by atoms with E-state index in [1.165, 1.54) is 49.5 Å². The summed E-state index contributed by atoms with van der Waals surface area (Å²) in [7, 11) is 1.46. The van der Waals surface area contributed by atoms with Gasteiger partial charge in [0.25, 0.3) is 0 Å². The van der Waals surface area contributed by atoms with Gasteiger partial charge in [-0.05, 0) is 61.2 Å². The quantitative estimate of drug-likeness (QED) is 0.389. The second-order valence-corrected chi connectivity index (χ2v) is 8.08. The molecule has 3 aromatic carbocycles. The number of carbonyl (C=O) groups is 1. The third-order valence-corrected chi connectivity index (χ3v) is 5.61. The molecule has 0 aliphatic carbocycles. The molecule has 0 fully saturated rings. The standard InChI is InChI=1S/C26H25F5N2O/c1-16-3-13-22(28)21(15-16)23(14-6-17-4-9-19(10-5-17)26(29,30)31)33-24(25(34)32-2)18-7-11-20(27)12-8-18/h3-5,7-13,15,23-24,33H,6,14H2,1-2H3,(H,32,34)/t23-,24+/m1/s1. The molecule has 2 atom stereocenters. The predicted molar refractivity (Wildman–Crippen MR) is 120 cm³/mol. The van der Waals surface area contributed by atoms with Crippen molar-refractivity contribution in [2.75, 3.05) is 7.05 Å². The van der Waals surface area contributed by atoms with Gasteiger partial charge in [-0.1, -0.05) is 42.0 Å². The second-order valence-electron chi connectivity index (χ2n) is 8.08. The highest BCUT2D eigenvalue weighted by molar-refractivity contribution is 5.83. The Hall–Kier alpha value is -3.26. The molecule has 8 heteroatoms. The summed E-state index contributed by atoms with van der Waals surface area (Å²) in [6.07, 6.45) is -3.78. The summed E-state index contributed by atoms with van der Waals surface area (Å²) >= 11 is 0. The van der Waals surface area contributed by atoms with E-state index in [0.29, 0.717) is 29.5 Å². The summed E-state index contributed by atoms with van der Waals surface area (Å²) in [4.78, 5) is 12.7. The molecule has 34 heavy (non-hydrogen) atoms. The molecule has 0 spiro atoms. The van der Waals surface area contributed by atoms with E-state index in [1.54, 1.807) is 12.1 Å². The van der Waals surface area contributed by atoms with Crippen LogP contribution in [-0.2, 0) is 17.4 Å². The number of hydrogen-bond donors (Lipinski definition) is 2. The van der Waals surface area contributed by atoms with Crippen molar-refractivity contribution in [1.29, 1.82) is 0 Å². The van der Waals surface area contributed by atoms with Gasteiger partial charge in [-0.25, -0.2) is 8.78 Å². The SMILES string of the molecule is CNC(=O)[C@@H](N[C@H](CCc1ccc(C(F)(F)F)cc1)c1cc(C)ccc1F)c1ccc(F)cc1. The van der Waals surface area contributed by atoms with Gasteiger partial charge in [0, 0.05) is 18.7 Å². The zero-order valence-corrected chi connectivity index (χ0v) is 18.7. The third kappa shape index (κ3) is 6.41. The normalized spacial score (nSPS) is 13.4.